The molecule has 6 heteroatoms. The van der Waals surface area contributed by atoms with Crippen LogP contribution >= 0.6 is 0 Å². The van der Waals surface area contributed by atoms with Gasteiger partial charge in [-0.3, -0.25) is 14.6 Å². The summed E-state index contributed by atoms with van der Waals surface area (Å²) in [4.78, 5) is 42.4. The number of para-hydroxylation sites is 1. The summed E-state index contributed by atoms with van der Waals surface area (Å²) in [5, 5.41) is 0. The minimum atomic E-state index is -0.942. The van der Waals surface area contributed by atoms with Crippen LogP contribution in [-0.2, 0) is 0 Å². The van der Waals surface area contributed by atoms with Crippen molar-refractivity contribution >= 4 is 23.4 Å². The molecule has 1 heterocycles. The maximum Gasteiger partial charge on any atom is 0.326 e. The fourth-order valence-corrected chi connectivity index (χ4v) is 2.55. The topological polar surface area (TPSA) is 93.4 Å². The van der Waals surface area contributed by atoms with Crippen LogP contribution in [0.15, 0.2) is 79.1 Å². The van der Waals surface area contributed by atoms with Gasteiger partial charge in [-0.05, 0) is 18.2 Å². The van der Waals surface area contributed by atoms with Gasteiger partial charge in [0, 0.05) is 23.5 Å². The molecule has 0 aliphatic rings. The number of amides is 3. The molecule has 3 amide bonds. The molecule has 6 nitrogen and oxygen atoms in total. The van der Waals surface area contributed by atoms with Crippen molar-refractivity contribution in [3.63, 3.8) is 0 Å². The first kappa shape index (κ1) is 17.0. The molecule has 0 aliphatic carbocycles. The first-order valence-corrected chi connectivity index (χ1v) is 7.82. The predicted octanol–water partition coefficient (Wildman–Crippen LogP) is 3.04. The number of hydrogen-bond acceptors (Lipinski definition) is 4. The van der Waals surface area contributed by atoms with Gasteiger partial charge >= 0.3 is 6.03 Å². The Balaban J connectivity index is 2.05. The number of carbonyl (C=O) groups is 3. The zero-order valence-corrected chi connectivity index (χ0v) is 13.7. The summed E-state index contributed by atoms with van der Waals surface area (Å²) in [6.45, 7) is 0. The average molecular weight is 345 g/mol. The second-order valence-electron chi connectivity index (χ2n) is 5.43. The highest BCUT2D eigenvalue weighted by atomic mass is 16.2. The van der Waals surface area contributed by atoms with Gasteiger partial charge in [0.1, 0.15) is 0 Å². The van der Waals surface area contributed by atoms with Gasteiger partial charge in [0.05, 0.1) is 11.3 Å². The average Bonchev–Trinajstić information content (AvgIpc) is 2.68. The van der Waals surface area contributed by atoms with Crippen LogP contribution in [0, 0.1) is 0 Å². The fourth-order valence-electron chi connectivity index (χ4n) is 2.55. The highest BCUT2D eigenvalue weighted by Gasteiger charge is 2.27. The lowest BCUT2D eigenvalue weighted by Gasteiger charge is -2.19. The third-order valence-corrected chi connectivity index (χ3v) is 3.77. The quantitative estimate of drug-likeness (QED) is 0.736. The Morgan fingerprint density at radius 2 is 1.42 bits per heavy atom. The second kappa shape index (κ2) is 7.40. The zero-order valence-electron chi connectivity index (χ0n) is 13.7. The lowest BCUT2D eigenvalue weighted by molar-refractivity contribution is 0.0976. The molecule has 3 rings (SSSR count). The van der Waals surface area contributed by atoms with Crippen LogP contribution in [0.4, 0.5) is 10.5 Å². The van der Waals surface area contributed by atoms with Crippen molar-refractivity contribution in [2.45, 2.75) is 0 Å². The molecule has 0 bridgehead atoms. The van der Waals surface area contributed by atoms with E-state index < -0.39 is 11.9 Å². The van der Waals surface area contributed by atoms with E-state index in [0.29, 0.717) is 11.3 Å². The minimum absolute atomic E-state index is 0.00371. The summed E-state index contributed by atoms with van der Waals surface area (Å²) in [6.07, 6.45) is 2.68. The Hall–Kier alpha value is -3.80. The Morgan fingerprint density at radius 3 is 2.04 bits per heavy atom. The number of nitrogens with zero attached hydrogens (tertiary/aromatic N) is 2. The number of anilines is 1. The third kappa shape index (κ3) is 3.34. The molecule has 0 atom stereocenters. The number of ketones is 1. The Kier molecular flexibility index (Phi) is 4.85. The number of nitrogens with two attached hydrogens (primary N) is 1. The summed E-state index contributed by atoms with van der Waals surface area (Å²) in [5.74, 6) is -1.05. The molecule has 0 radical (unpaired) electrons. The van der Waals surface area contributed by atoms with Crippen LogP contribution in [0.2, 0.25) is 0 Å². The molecular formula is C20H15N3O3. The molecule has 3 aromatic rings. The number of imide groups is 1. The van der Waals surface area contributed by atoms with Crippen molar-refractivity contribution in [1.82, 2.24) is 4.98 Å². The number of urea groups is 1. The molecule has 0 saturated heterocycles. The summed E-state index contributed by atoms with van der Waals surface area (Å²) in [7, 11) is 0. The maximum atomic E-state index is 13.0. The van der Waals surface area contributed by atoms with E-state index in [4.69, 9.17) is 5.73 Å². The van der Waals surface area contributed by atoms with Gasteiger partial charge < -0.3 is 5.73 Å². The summed E-state index contributed by atoms with van der Waals surface area (Å²) < 4.78 is 0. The summed E-state index contributed by atoms with van der Waals surface area (Å²) in [6, 6.07) is 17.3. The number of aromatic nitrogens is 1. The first-order valence-electron chi connectivity index (χ1n) is 7.82. The van der Waals surface area contributed by atoms with E-state index in [2.05, 4.69) is 4.98 Å². The van der Waals surface area contributed by atoms with E-state index >= 15 is 0 Å². The first-order chi connectivity index (χ1) is 12.6. The molecular weight excluding hydrogens is 330 g/mol. The molecule has 0 spiro atoms. The molecule has 2 N–H and O–H groups in total. The van der Waals surface area contributed by atoms with Crippen LogP contribution in [0.3, 0.4) is 0 Å². The van der Waals surface area contributed by atoms with Gasteiger partial charge in [0.15, 0.2) is 5.78 Å². The molecule has 128 valence electrons. The Labute approximate surface area is 149 Å². The van der Waals surface area contributed by atoms with Crippen LogP contribution in [0.1, 0.15) is 26.3 Å². The van der Waals surface area contributed by atoms with E-state index in [1.165, 1.54) is 18.5 Å². The van der Waals surface area contributed by atoms with Gasteiger partial charge in [-0.15, -0.1) is 0 Å². The van der Waals surface area contributed by atoms with E-state index in [1.807, 2.05) is 0 Å². The van der Waals surface area contributed by atoms with Crippen molar-refractivity contribution in [3.8, 4) is 0 Å². The van der Waals surface area contributed by atoms with Crippen molar-refractivity contribution in [2.75, 3.05) is 4.90 Å². The largest absolute Gasteiger partial charge is 0.351 e. The minimum Gasteiger partial charge on any atom is -0.351 e. The smallest absolute Gasteiger partial charge is 0.326 e. The lowest BCUT2D eigenvalue weighted by atomic mass is 9.99. The van der Waals surface area contributed by atoms with E-state index in [9.17, 15) is 14.4 Å². The SMILES string of the molecule is NC(=O)N(C(=O)c1cnccc1C(=O)c1ccccc1)c1ccccc1. The summed E-state index contributed by atoms with van der Waals surface area (Å²) >= 11 is 0. The van der Waals surface area contributed by atoms with Gasteiger partial charge in [-0.2, -0.15) is 0 Å². The zero-order chi connectivity index (χ0) is 18.5. The normalized spacial score (nSPS) is 10.2. The van der Waals surface area contributed by atoms with E-state index in [1.54, 1.807) is 60.7 Å². The third-order valence-electron chi connectivity index (χ3n) is 3.77. The molecule has 0 saturated carbocycles. The number of carbonyl (C=O) groups excluding carboxylic acids is 3. The van der Waals surface area contributed by atoms with Crippen molar-refractivity contribution in [1.29, 1.82) is 0 Å². The standard InChI is InChI=1S/C20H15N3O3/c21-20(26)23(15-9-5-2-6-10-15)19(25)17-13-22-12-11-16(17)18(24)14-7-3-1-4-8-14/h1-13H,(H2,21,26). The van der Waals surface area contributed by atoms with Gasteiger partial charge in [-0.25, -0.2) is 9.69 Å². The monoisotopic (exact) mass is 345 g/mol. The molecule has 26 heavy (non-hydrogen) atoms. The van der Waals surface area contributed by atoms with Crippen molar-refractivity contribution in [2.24, 2.45) is 5.73 Å². The fraction of sp³-hybridized carbons (Fsp3) is 0. The number of primary amides is 1. The van der Waals surface area contributed by atoms with E-state index in [-0.39, 0.29) is 16.9 Å². The number of hydrogen-bond donors (Lipinski definition) is 1. The van der Waals surface area contributed by atoms with Crippen LogP contribution in [-0.4, -0.2) is 22.7 Å². The van der Waals surface area contributed by atoms with Crippen LogP contribution in [0.5, 0.6) is 0 Å². The van der Waals surface area contributed by atoms with Crippen LogP contribution < -0.4 is 10.6 Å². The second-order valence-corrected chi connectivity index (χ2v) is 5.43. The molecule has 0 fully saturated rings. The molecule has 0 aliphatic heterocycles. The predicted molar refractivity (Wildman–Crippen MR) is 96.9 cm³/mol. The molecule has 2 aromatic carbocycles. The number of benzene rings is 2. The Bertz CT molecular complexity index is 956. The van der Waals surface area contributed by atoms with Crippen LogP contribution in [0.25, 0.3) is 0 Å². The number of rotatable bonds is 4. The molecule has 1 aromatic heterocycles. The van der Waals surface area contributed by atoms with E-state index in [0.717, 1.165) is 4.90 Å². The highest BCUT2D eigenvalue weighted by Crippen LogP contribution is 2.20. The van der Waals surface area contributed by atoms with Gasteiger partial charge in [0.25, 0.3) is 5.91 Å². The Morgan fingerprint density at radius 1 is 0.808 bits per heavy atom. The lowest BCUT2D eigenvalue weighted by Crippen LogP contribution is -2.41. The van der Waals surface area contributed by atoms with Gasteiger partial charge in [0.2, 0.25) is 0 Å². The van der Waals surface area contributed by atoms with Crippen molar-refractivity contribution in [3.05, 3.63) is 95.8 Å². The highest BCUT2D eigenvalue weighted by molar-refractivity contribution is 6.24. The van der Waals surface area contributed by atoms with Gasteiger partial charge in [-0.1, -0.05) is 48.5 Å². The number of pyridine rings is 1. The van der Waals surface area contributed by atoms with Crippen molar-refractivity contribution < 1.29 is 14.4 Å². The molecule has 0 unspecified atom stereocenters. The maximum absolute atomic E-state index is 13.0. The summed E-state index contributed by atoms with van der Waals surface area (Å²) in [5.41, 5.74) is 6.30.